The molecule has 34 nitrogen and oxygen atoms in total. The number of nitrogens with one attached hydrogen (secondary N) is 6. The molecule has 1 aliphatic heterocycles. The third-order valence-electron chi connectivity index (χ3n) is 13.5. The highest BCUT2D eigenvalue weighted by atomic mass is 35.5. The number of amides is 5. The molecule has 0 spiro atoms. The molecule has 0 saturated heterocycles. The first-order valence-electron chi connectivity index (χ1n) is 27.6. The van der Waals surface area contributed by atoms with Gasteiger partial charge in [0, 0.05) is 80.4 Å². The predicted molar refractivity (Wildman–Crippen MR) is 313 cm³/mol. The number of aromatic nitrogens is 2. The number of alkyl halides is 1. The van der Waals surface area contributed by atoms with Crippen LogP contribution in [0.2, 0.25) is 0 Å². The molecule has 0 aliphatic carbocycles. The number of carboxylic acid groups (broad SMARTS) is 2. The standard InChI is InChI=1S/C53H71ClN8O26P2/c1-29-21-30-22-36(58-46(30)49(80-3)48(29)79-2)50(70)62-26-31(25-54)45-33-23-37(52(73)81-4)59-47(33)40(24-38(45)62)87-90(77,78)88-89(75,76)86-17-6-8-39(65)34(57-42(67)27-85-55)11-12-41(66)56-15-18-83-20-19-82-16-5-7-32(64)9-10-35(51(71)72)60-53(74)61-43(84-28-63)13-14-44(68)69/h21-24,28,31,34-35,43,58-59H,5-20,25-27,55H2,1-4H3,(H,56,66)(H,57,67)(H,68,69)(H,71,72)(H,75,76)(H,77,78)(H2,60,61,74)/t31-,34?,35+,43-/m1/s1. The third-order valence-corrected chi connectivity index (χ3v) is 16.4. The Morgan fingerprint density at radius 2 is 1.47 bits per heavy atom. The number of hydrogen-bond donors (Lipinski definition) is 11. The third kappa shape index (κ3) is 21.5. The summed E-state index contributed by atoms with van der Waals surface area (Å²) in [5, 5.41) is 28.4. The smallest absolute Gasteiger partial charge is 0.493 e. The van der Waals surface area contributed by atoms with Crippen LogP contribution in [0.25, 0.3) is 21.8 Å². The van der Waals surface area contributed by atoms with Crippen LogP contribution in [0, 0.1) is 6.92 Å². The largest absolute Gasteiger partial charge is 0.536 e. The fraction of sp³-hybridized carbons (Fsp3) is 0.509. The molecule has 0 radical (unpaired) electrons. The minimum atomic E-state index is -5.68. The van der Waals surface area contributed by atoms with Gasteiger partial charge in [0.15, 0.2) is 29.3 Å². The van der Waals surface area contributed by atoms with Gasteiger partial charge in [-0.05, 0) is 61.9 Å². The quantitative estimate of drug-likeness (QED) is 0.00577. The summed E-state index contributed by atoms with van der Waals surface area (Å²) in [6, 6.07) is 2.12. The number of carbonyl (C=O) groups is 10. The van der Waals surface area contributed by atoms with Crippen LogP contribution in [0.3, 0.4) is 0 Å². The number of ketones is 2. The summed E-state index contributed by atoms with van der Waals surface area (Å²) in [6.07, 6.45) is -3.44. The number of fused-ring (bicyclic) bond motifs is 4. The van der Waals surface area contributed by atoms with Gasteiger partial charge in [-0.15, -0.1) is 11.6 Å². The number of aryl methyl sites for hydroxylation is 1. The van der Waals surface area contributed by atoms with Crippen molar-refractivity contribution in [2.75, 3.05) is 84.8 Å². The lowest BCUT2D eigenvalue weighted by atomic mass is 9.98. The molecule has 5 rings (SSSR count). The topological polar surface area (TPSA) is 487 Å². The summed E-state index contributed by atoms with van der Waals surface area (Å²) in [5.74, 6) is -1.72. The second kappa shape index (κ2) is 35.0. The average molecular weight is 1330 g/mol. The van der Waals surface area contributed by atoms with Crippen molar-refractivity contribution in [1.29, 1.82) is 0 Å². The van der Waals surface area contributed by atoms with E-state index in [1.165, 1.54) is 31.3 Å². The molecule has 4 aromatic rings. The first kappa shape index (κ1) is 73.0. The average Bonchev–Trinajstić information content (AvgIpc) is 1.62. The number of carbonyl (C=O) groups excluding carboxylic acids is 8. The fourth-order valence-electron chi connectivity index (χ4n) is 9.39. The number of esters is 1. The Bertz CT molecular complexity index is 3340. The van der Waals surface area contributed by atoms with E-state index in [9.17, 15) is 72.0 Å². The van der Waals surface area contributed by atoms with Gasteiger partial charge in [0.2, 0.25) is 11.8 Å². The van der Waals surface area contributed by atoms with Gasteiger partial charge in [-0.1, -0.05) is 0 Å². The molecule has 2 aromatic heterocycles. The van der Waals surface area contributed by atoms with E-state index in [1.807, 2.05) is 0 Å². The Hall–Kier alpha value is -7.75. The summed E-state index contributed by atoms with van der Waals surface area (Å²) < 4.78 is 73.1. The molecule has 1 aliphatic rings. The van der Waals surface area contributed by atoms with Crippen LogP contribution in [0.5, 0.6) is 17.2 Å². The Morgan fingerprint density at radius 3 is 2.12 bits per heavy atom. The first-order chi connectivity index (χ1) is 42.8. The number of H-pyrrole nitrogens is 2. The molecule has 3 heterocycles. The Morgan fingerprint density at radius 1 is 0.778 bits per heavy atom. The van der Waals surface area contributed by atoms with E-state index < -0.39 is 119 Å². The molecule has 2 aromatic carbocycles. The molecular weight excluding hydrogens is 1260 g/mol. The highest BCUT2D eigenvalue weighted by Gasteiger charge is 2.41. The van der Waals surface area contributed by atoms with Crippen molar-refractivity contribution in [2.24, 2.45) is 5.90 Å². The number of benzene rings is 2. The van der Waals surface area contributed by atoms with E-state index in [2.05, 4.69) is 45.1 Å². The van der Waals surface area contributed by atoms with Crippen molar-refractivity contribution in [2.45, 2.75) is 95.4 Å². The lowest BCUT2D eigenvalue weighted by Crippen LogP contribution is -2.49. The van der Waals surface area contributed by atoms with Crippen LogP contribution in [0.15, 0.2) is 24.3 Å². The molecule has 3 unspecified atom stereocenters. The maximum Gasteiger partial charge on any atom is 0.536 e. The Labute approximate surface area is 517 Å². The minimum absolute atomic E-state index is 0.00622. The number of nitrogens with two attached hydrogens (primary N) is 1. The summed E-state index contributed by atoms with van der Waals surface area (Å²) in [4.78, 5) is 156. The number of rotatable bonds is 42. The number of aliphatic carboxylic acids is 2. The molecule has 0 bridgehead atoms. The van der Waals surface area contributed by atoms with Gasteiger partial charge in [0.25, 0.3) is 12.4 Å². The Kier molecular flexibility index (Phi) is 28.4. The second-order valence-electron chi connectivity index (χ2n) is 19.8. The van der Waals surface area contributed by atoms with E-state index in [-0.39, 0.29) is 137 Å². The van der Waals surface area contributed by atoms with Crippen LogP contribution >= 0.6 is 27.2 Å². The molecule has 496 valence electrons. The lowest BCUT2D eigenvalue weighted by molar-refractivity contribution is -0.141. The predicted octanol–water partition coefficient (Wildman–Crippen LogP) is 3.26. The number of phosphoric acid groups is 2. The van der Waals surface area contributed by atoms with Crippen molar-refractivity contribution < 1.29 is 124 Å². The van der Waals surface area contributed by atoms with Gasteiger partial charge >= 0.3 is 39.6 Å². The monoisotopic (exact) mass is 1330 g/mol. The van der Waals surface area contributed by atoms with Gasteiger partial charge in [-0.2, -0.15) is 4.31 Å². The number of hydrogen-bond acceptors (Lipinski definition) is 23. The molecular formula is C53H71ClN8O26P2. The van der Waals surface area contributed by atoms with Gasteiger partial charge in [0.05, 0.1) is 76.9 Å². The van der Waals surface area contributed by atoms with Crippen molar-refractivity contribution in [3.63, 3.8) is 0 Å². The van der Waals surface area contributed by atoms with Crippen LogP contribution in [-0.4, -0.2) is 188 Å². The van der Waals surface area contributed by atoms with E-state index in [4.69, 9.17) is 55.3 Å². The van der Waals surface area contributed by atoms with E-state index >= 15 is 0 Å². The van der Waals surface area contributed by atoms with Gasteiger partial charge < -0.3 is 84.2 Å². The number of Topliss-reactive ketones (excluding diaryl/α,β-unsaturated/α-hetero) is 2. The number of methoxy groups -OCH3 is 3. The summed E-state index contributed by atoms with van der Waals surface area (Å²) in [6.45, 7) is 0.841. The molecule has 5 amide bonds. The first-order valence-corrected chi connectivity index (χ1v) is 31.1. The van der Waals surface area contributed by atoms with Crippen molar-refractivity contribution in [3.05, 3.63) is 46.8 Å². The molecule has 37 heteroatoms. The highest BCUT2D eigenvalue weighted by molar-refractivity contribution is 7.61. The number of nitrogens with zero attached hydrogens (tertiary/aromatic N) is 1. The minimum Gasteiger partial charge on any atom is -0.493 e. The van der Waals surface area contributed by atoms with E-state index in [1.54, 1.807) is 19.1 Å². The van der Waals surface area contributed by atoms with E-state index in [0.29, 0.717) is 28.0 Å². The highest BCUT2D eigenvalue weighted by Crippen LogP contribution is 2.61. The zero-order chi connectivity index (χ0) is 66.3. The lowest BCUT2D eigenvalue weighted by Gasteiger charge is -2.20. The number of phosphoric ester groups is 2. The normalized spacial score (nSPS) is 15.1. The van der Waals surface area contributed by atoms with Gasteiger partial charge in [0.1, 0.15) is 29.8 Å². The molecule has 0 saturated carbocycles. The number of carboxylic acids is 2. The second-order valence-corrected chi connectivity index (χ2v) is 23.1. The van der Waals surface area contributed by atoms with Crippen molar-refractivity contribution >= 4 is 114 Å². The van der Waals surface area contributed by atoms with Crippen LogP contribution in [0.4, 0.5) is 10.5 Å². The van der Waals surface area contributed by atoms with Gasteiger partial charge in [-0.25, -0.2) is 29.4 Å². The summed E-state index contributed by atoms with van der Waals surface area (Å²) >= 11 is 6.46. The molecule has 90 heavy (non-hydrogen) atoms. The van der Waals surface area contributed by atoms with Crippen LogP contribution in [-0.2, 0) is 75.3 Å². The summed E-state index contributed by atoms with van der Waals surface area (Å²) in [5.41, 5.74) is 1.63. The Balaban J connectivity index is 1.06. The van der Waals surface area contributed by atoms with Crippen LogP contribution < -0.4 is 46.1 Å². The SMILES string of the molecule is COC(=O)c1cc2c3c(cc(OP(=O)(O)OP(=O)(O)OCCCC(=O)C(CCC(=O)NCCOCCOCCCC(=O)CC[C@H](NC(=O)N[C@@H](CCC(=O)O)OC=O)C(=O)O)NC(=O)CON)c2[nH]1)N(C(=O)c1cc2cc(C)c(OC)c(OC)c2[nH]1)C[C@H]3CCl. The number of ether oxygens (including phenoxy) is 6. The zero-order valence-corrected chi connectivity index (χ0v) is 51.7. The zero-order valence-electron chi connectivity index (χ0n) is 49.2. The number of urea groups is 1. The molecule has 12 N–H and O–H groups in total. The van der Waals surface area contributed by atoms with Crippen molar-refractivity contribution in [3.8, 4) is 17.2 Å². The van der Waals surface area contributed by atoms with Gasteiger partial charge in [-0.3, -0.25) is 47.8 Å². The van der Waals surface area contributed by atoms with Crippen molar-refractivity contribution in [1.82, 2.24) is 31.2 Å². The molecule has 0 fully saturated rings. The maximum atomic E-state index is 14.4. The van der Waals surface area contributed by atoms with E-state index in [0.717, 1.165) is 12.7 Å². The van der Waals surface area contributed by atoms with Crippen LogP contribution in [0.1, 0.15) is 102 Å². The maximum absolute atomic E-state index is 14.4. The summed E-state index contributed by atoms with van der Waals surface area (Å²) in [7, 11) is -7.16. The number of anilines is 1. The fourth-order valence-corrected chi connectivity index (χ4v) is 11.8. The number of aromatic amines is 2. The molecule has 6 atom stereocenters. The number of halogens is 1.